The molecule has 2 nitrogen and oxygen atoms in total. The van der Waals surface area contributed by atoms with Gasteiger partial charge in [0.2, 0.25) is 0 Å². The fourth-order valence-electron chi connectivity index (χ4n) is 1.09. The second-order valence-electron chi connectivity index (χ2n) is 3.25. The van der Waals surface area contributed by atoms with Gasteiger partial charge in [0.25, 0.3) is 0 Å². The Kier molecular flexibility index (Phi) is 5.15. The van der Waals surface area contributed by atoms with Gasteiger partial charge in [0.15, 0.2) is 24.2 Å². The fraction of sp³-hybridized carbons (Fsp3) is 0.400. The van der Waals surface area contributed by atoms with E-state index in [1.54, 1.807) is 0 Å². The summed E-state index contributed by atoms with van der Waals surface area (Å²) in [7, 11) is 0. The summed E-state index contributed by atoms with van der Waals surface area (Å²) < 4.78 is 70.1. The number of benzene rings is 1. The number of hydrogen-bond acceptors (Lipinski definition) is 2. The average Bonchev–Trinajstić information content (AvgIpc) is 2.25. The summed E-state index contributed by atoms with van der Waals surface area (Å²) in [5.74, 6) is -3.01. The van der Waals surface area contributed by atoms with Crippen LogP contribution in [0.1, 0.15) is 5.56 Å². The van der Waals surface area contributed by atoms with Gasteiger partial charge in [-0.05, 0) is 17.7 Å². The van der Waals surface area contributed by atoms with Gasteiger partial charge in [-0.25, -0.2) is 8.78 Å². The Balaban J connectivity index is 2.57. The third-order valence-corrected chi connectivity index (χ3v) is 2.07. The van der Waals surface area contributed by atoms with Crippen molar-refractivity contribution in [1.82, 2.24) is 0 Å². The number of hydrogen-bond donors (Lipinski definition) is 0. The predicted octanol–water partition coefficient (Wildman–Crippen LogP) is 3.62. The van der Waals surface area contributed by atoms with E-state index in [0.29, 0.717) is 0 Å². The molecule has 0 saturated carbocycles. The maximum Gasteiger partial charge on any atom is 0.411 e. The second-order valence-corrected chi connectivity index (χ2v) is 3.52. The zero-order valence-electron chi connectivity index (χ0n) is 8.86. The minimum atomic E-state index is -4.52. The molecule has 0 unspecified atom stereocenters. The van der Waals surface area contributed by atoms with Gasteiger partial charge in [-0.3, -0.25) is 0 Å². The lowest BCUT2D eigenvalue weighted by Crippen LogP contribution is -2.19. The van der Waals surface area contributed by atoms with Crippen molar-refractivity contribution in [3.8, 4) is 5.75 Å². The molecule has 0 N–H and O–H groups in total. The summed E-state index contributed by atoms with van der Waals surface area (Å²) in [5.41, 5.74) is 0.190. The number of rotatable bonds is 5. The topological polar surface area (TPSA) is 18.5 Å². The quantitative estimate of drug-likeness (QED) is 0.357. The summed E-state index contributed by atoms with van der Waals surface area (Å²) in [6.45, 7) is -2.47. The number of alkyl halides is 4. The molecule has 0 radical (unpaired) electrons. The zero-order chi connectivity index (χ0) is 13.8. The molecule has 1 aromatic carbocycles. The van der Waals surface area contributed by atoms with E-state index in [-0.39, 0.29) is 11.4 Å². The number of halogens is 6. The minimum Gasteiger partial charge on any atom is -0.461 e. The molecule has 0 aliphatic carbocycles. The molecule has 0 aromatic heterocycles. The van der Waals surface area contributed by atoms with Crippen molar-refractivity contribution in [1.29, 1.82) is 0 Å². The van der Waals surface area contributed by atoms with Gasteiger partial charge >= 0.3 is 6.18 Å². The van der Waals surface area contributed by atoms with Crippen LogP contribution in [-0.2, 0) is 10.6 Å². The maximum absolute atomic E-state index is 13.3. The summed E-state index contributed by atoms with van der Waals surface area (Å²) in [5, 5.41) is 0. The Hall–Kier alpha value is -1.08. The molecule has 102 valence electrons. The molecular weight excluding hydrogens is 283 g/mol. The van der Waals surface area contributed by atoms with Gasteiger partial charge in [0.05, 0.1) is 0 Å². The summed E-state index contributed by atoms with van der Waals surface area (Å²) >= 11 is 5.38. The predicted molar refractivity (Wildman–Crippen MR) is 53.4 cm³/mol. The molecule has 0 aliphatic heterocycles. The van der Waals surface area contributed by atoms with E-state index in [1.165, 1.54) is 0 Å². The first-order chi connectivity index (χ1) is 8.33. The van der Waals surface area contributed by atoms with Crippen molar-refractivity contribution in [2.45, 2.75) is 12.1 Å². The van der Waals surface area contributed by atoms with E-state index in [9.17, 15) is 22.0 Å². The Morgan fingerprint density at radius 2 is 1.67 bits per heavy atom. The molecule has 18 heavy (non-hydrogen) atoms. The van der Waals surface area contributed by atoms with Gasteiger partial charge in [0, 0.05) is 5.88 Å². The highest BCUT2D eigenvalue weighted by Gasteiger charge is 2.27. The van der Waals surface area contributed by atoms with Crippen molar-refractivity contribution < 1.29 is 31.4 Å². The summed E-state index contributed by atoms with van der Waals surface area (Å²) in [4.78, 5) is 0. The molecule has 0 atom stereocenters. The minimum absolute atomic E-state index is 0.0985. The van der Waals surface area contributed by atoms with E-state index in [0.717, 1.165) is 12.1 Å². The molecule has 8 heteroatoms. The molecule has 0 spiro atoms. The maximum atomic E-state index is 13.3. The van der Waals surface area contributed by atoms with Crippen molar-refractivity contribution in [3.63, 3.8) is 0 Å². The molecular formula is C10H8ClF5O2. The van der Waals surface area contributed by atoms with Gasteiger partial charge in [-0.1, -0.05) is 0 Å². The van der Waals surface area contributed by atoms with Crippen molar-refractivity contribution in [2.75, 3.05) is 13.4 Å². The van der Waals surface area contributed by atoms with Crippen LogP contribution >= 0.6 is 11.6 Å². The lowest BCUT2D eigenvalue weighted by molar-refractivity contribution is -0.187. The molecule has 0 fully saturated rings. The highest BCUT2D eigenvalue weighted by molar-refractivity contribution is 6.17. The largest absolute Gasteiger partial charge is 0.461 e. The smallest absolute Gasteiger partial charge is 0.411 e. The van der Waals surface area contributed by atoms with Gasteiger partial charge < -0.3 is 9.47 Å². The third kappa shape index (κ3) is 4.66. The Morgan fingerprint density at radius 1 is 1.11 bits per heavy atom. The number of ether oxygens (including phenoxy) is 2. The zero-order valence-corrected chi connectivity index (χ0v) is 9.62. The molecule has 0 bridgehead atoms. The summed E-state index contributed by atoms with van der Waals surface area (Å²) in [6, 6.07) is 1.85. The summed E-state index contributed by atoms with van der Waals surface area (Å²) in [6.07, 6.45) is -4.52. The van der Waals surface area contributed by atoms with Crippen LogP contribution in [-0.4, -0.2) is 19.6 Å². The van der Waals surface area contributed by atoms with Crippen LogP contribution in [0.2, 0.25) is 0 Å². The van der Waals surface area contributed by atoms with E-state index in [2.05, 4.69) is 9.47 Å². The van der Waals surface area contributed by atoms with Gasteiger partial charge in [-0.2, -0.15) is 13.2 Å². The fourth-order valence-corrected chi connectivity index (χ4v) is 1.24. The Bertz CT molecular complexity index is 385. The van der Waals surface area contributed by atoms with Crippen LogP contribution in [0, 0.1) is 11.6 Å². The highest BCUT2D eigenvalue weighted by atomic mass is 35.5. The average molecular weight is 291 g/mol. The lowest BCUT2D eigenvalue weighted by Gasteiger charge is -2.11. The molecule has 0 saturated heterocycles. The van der Waals surface area contributed by atoms with E-state index in [4.69, 9.17) is 11.6 Å². The molecule has 0 aliphatic rings. The molecule has 1 aromatic rings. The molecule has 0 heterocycles. The van der Waals surface area contributed by atoms with E-state index in [1.807, 2.05) is 0 Å². The van der Waals surface area contributed by atoms with E-state index >= 15 is 0 Å². The monoisotopic (exact) mass is 290 g/mol. The second kappa shape index (κ2) is 6.19. The highest BCUT2D eigenvalue weighted by Crippen LogP contribution is 2.24. The van der Waals surface area contributed by atoms with Crippen molar-refractivity contribution in [3.05, 3.63) is 29.3 Å². The molecule has 1 rings (SSSR count). The van der Waals surface area contributed by atoms with Crippen molar-refractivity contribution in [2.24, 2.45) is 0 Å². The standard InChI is InChI=1S/C10H8ClF5O2/c11-3-6-1-7(12)9(8(13)2-6)18-5-17-4-10(14,15)16/h1-2H,3-5H2. The first-order valence-corrected chi connectivity index (χ1v) is 5.18. The molecule has 0 amide bonds. The van der Waals surface area contributed by atoms with Crippen molar-refractivity contribution >= 4 is 11.6 Å². The van der Waals surface area contributed by atoms with Crippen LogP contribution in [0.4, 0.5) is 22.0 Å². The van der Waals surface area contributed by atoms with Crippen LogP contribution in [0.3, 0.4) is 0 Å². The van der Waals surface area contributed by atoms with Crippen LogP contribution in [0.15, 0.2) is 12.1 Å². The Morgan fingerprint density at radius 3 is 2.11 bits per heavy atom. The van der Waals surface area contributed by atoms with Crippen LogP contribution in [0.5, 0.6) is 5.75 Å². The Labute approximate surface area is 104 Å². The van der Waals surface area contributed by atoms with Crippen LogP contribution < -0.4 is 4.74 Å². The SMILES string of the molecule is Fc1cc(CCl)cc(F)c1OCOCC(F)(F)F. The normalized spacial score (nSPS) is 11.7. The van der Waals surface area contributed by atoms with Crippen LogP contribution in [0.25, 0.3) is 0 Å². The van der Waals surface area contributed by atoms with Gasteiger partial charge in [0.1, 0.15) is 6.61 Å². The van der Waals surface area contributed by atoms with E-state index < -0.39 is 37.0 Å². The third-order valence-electron chi connectivity index (χ3n) is 1.76. The van der Waals surface area contributed by atoms with Gasteiger partial charge in [-0.15, -0.1) is 11.6 Å². The first kappa shape index (κ1) is 15.0. The first-order valence-electron chi connectivity index (χ1n) is 4.64. The lowest BCUT2D eigenvalue weighted by atomic mass is 10.2.